The number of ether oxygens (including phenoxy) is 1. The number of rotatable bonds is 9. The van der Waals surface area contributed by atoms with Gasteiger partial charge in [-0.15, -0.1) is 0 Å². The first kappa shape index (κ1) is 29.2. The van der Waals surface area contributed by atoms with Crippen molar-refractivity contribution in [3.05, 3.63) is 105 Å². The van der Waals surface area contributed by atoms with E-state index in [1.54, 1.807) is 37.4 Å². The Morgan fingerprint density at radius 1 is 1.05 bits per heavy atom. The number of nitrogens with one attached hydrogen (secondary N) is 1. The fourth-order valence-corrected chi connectivity index (χ4v) is 6.38. The van der Waals surface area contributed by atoms with E-state index in [1.807, 2.05) is 35.0 Å². The topological polar surface area (TPSA) is 117 Å². The zero-order valence-electron chi connectivity index (χ0n) is 23.6. The van der Waals surface area contributed by atoms with Crippen LogP contribution in [0.5, 0.6) is 5.75 Å². The molecule has 1 unspecified atom stereocenters. The summed E-state index contributed by atoms with van der Waals surface area (Å²) in [6.45, 7) is 0.0574. The predicted molar refractivity (Wildman–Crippen MR) is 169 cm³/mol. The molecule has 0 fully saturated rings. The molecule has 44 heavy (non-hydrogen) atoms. The van der Waals surface area contributed by atoms with Crippen LogP contribution < -0.4 is 10.1 Å². The smallest absolute Gasteiger partial charge is 0.305 e. The van der Waals surface area contributed by atoms with E-state index in [0.717, 1.165) is 50.0 Å². The second-order valence-corrected chi connectivity index (χ2v) is 11.4. The highest BCUT2D eigenvalue weighted by Crippen LogP contribution is 2.49. The number of carbonyl (C=O) groups excluding carboxylic acids is 1. The number of carbonyl (C=O) groups is 2. The van der Waals surface area contributed by atoms with Gasteiger partial charge in [-0.1, -0.05) is 53.5 Å². The third-order valence-electron chi connectivity index (χ3n) is 7.82. The lowest BCUT2D eigenvalue weighted by molar-refractivity contribution is -0.136. The number of amides is 1. The molecular weight excluding hydrogens is 599 g/mol. The Morgan fingerprint density at radius 3 is 2.48 bits per heavy atom. The second-order valence-electron chi connectivity index (χ2n) is 10.5. The van der Waals surface area contributed by atoms with E-state index >= 15 is 0 Å². The molecule has 1 aromatic heterocycles. The molecule has 8 nitrogen and oxygen atoms in total. The molecule has 1 aliphatic rings. The normalized spacial score (nSPS) is 13.3. The summed E-state index contributed by atoms with van der Waals surface area (Å²) in [5.41, 5.74) is 6.58. The number of methoxy groups -OCH3 is 1. The first-order valence-electron chi connectivity index (χ1n) is 13.9. The van der Waals surface area contributed by atoms with Crippen LogP contribution in [0, 0.1) is 11.3 Å². The number of hydrogen-bond donors (Lipinski definition) is 2. The zero-order valence-corrected chi connectivity index (χ0v) is 25.1. The highest BCUT2D eigenvalue weighted by atomic mass is 35.5. The molecule has 1 amide bonds. The fraction of sp³-hybridized carbons (Fsp3) is 0.176. The average molecular weight is 626 g/mol. The number of fused-ring (bicyclic) bond motifs is 5. The largest absolute Gasteiger partial charge is 0.497 e. The van der Waals surface area contributed by atoms with Crippen LogP contribution in [0.4, 0.5) is 0 Å². The molecule has 10 heteroatoms. The van der Waals surface area contributed by atoms with Gasteiger partial charge >= 0.3 is 5.97 Å². The van der Waals surface area contributed by atoms with Crippen LogP contribution in [0.25, 0.3) is 33.3 Å². The van der Waals surface area contributed by atoms with E-state index in [2.05, 4.69) is 23.5 Å². The number of aliphatic carboxylic acids is 1. The quantitative estimate of drug-likeness (QED) is 0.181. The Morgan fingerprint density at radius 2 is 1.80 bits per heavy atom. The van der Waals surface area contributed by atoms with Crippen LogP contribution in [0.2, 0.25) is 10.0 Å². The molecular formula is C34H26Cl2N4O4. The van der Waals surface area contributed by atoms with E-state index < -0.39 is 5.97 Å². The monoisotopic (exact) mass is 624 g/mol. The number of nitriles is 1. The average Bonchev–Trinajstić information content (AvgIpc) is 3.51. The van der Waals surface area contributed by atoms with Crippen molar-refractivity contribution in [1.29, 1.82) is 5.26 Å². The van der Waals surface area contributed by atoms with Crippen molar-refractivity contribution in [2.24, 2.45) is 0 Å². The number of carboxylic acids is 1. The van der Waals surface area contributed by atoms with Crippen LogP contribution in [-0.2, 0) is 17.6 Å². The SMILES string of the molecule is COc1ccc2c3c(ccc2c1)C(Cc1ccc(C(=O)NCCC(=O)O)cc1)n1nc(-c2cc(Cl)cc(Cl)c2)c(CC#N)c1-3. The van der Waals surface area contributed by atoms with Crippen LogP contribution in [0.3, 0.4) is 0 Å². The van der Waals surface area contributed by atoms with Gasteiger partial charge in [-0.3, -0.25) is 14.3 Å². The Labute approximate surface area is 263 Å². The van der Waals surface area contributed by atoms with Gasteiger partial charge in [0.15, 0.2) is 0 Å². The number of halogens is 2. The maximum atomic E-state index is 12.5. The van der Waals surface area contributed by atoms with Crippen LogP contribution in [0.15, 0.2) is 72.8 Å². The summed E-state index contributed by atoms with van der Waals surface area (Å²) >= 11 is 12.7. The Bertz CT molecular complexity index is 1960. The first-order valence-corrected chi connectivity index (χ1v) is 14.7. The Kier molecular flexibility index (Phi) is 8.00. The molecule has 5 aromatic rings. The molecule has 2 heterocycles. The molecule has 0 saturated carbocycles. The van der Waals surface area contributed by atoms with Crippen molar-refractivity contribution < 1.29 is 19.4 Å². The van der Waals surface area contributed by atoms with Gasteiger partial charge in [-0.05, 0) is 70.8 Å². The fourth-order valence-electron chi connectivity index (χ4n) is 5.85. The van der Waals surface area contributed by atoms with Gasteiger partial charge in [0.1, 0.15) is 5.75 Å². The molecule has 1 aliphatic heterocycles. The molecule has 0 radical (unpaired) electrons. The summed E-state index contributed by atoms with van der Waals surface area (Å²) in [5, 5.41) is 29.5. The number of aromatic nitrogens is 2. The van der Waals surface area contributed by atoms with Crippen molar-refractivity contribution in [2.45, 2.75) is 25.3 Å². The van der Waals surface area contributed by atoms with Gasteiger partial charge < -0.3 is 15.2 Å². The zero-order chi connectivity index (χ0) is 31.0. The van der Waals surface area contributed by atoms with Crippen molar-refractivity contribution in [2.75, 3.05) is 13.7 Å². The summed E-state index contributed by atoms with van der Waals surface area (Å²) < 4.78 is 7.47. The van der Waals surface area contributed by atoms with Crippen LogP contribution in [0.1, 0.15) is 39.5 Å². The highest BCUT2D eigenvalue weighted by molar-refractivity contribution is 6.35. The molecule has 4 aromatic carbocycles. The lowest BCUT2D eigenvalue weighted by Crippen LogP contribution is -2.25. The van der Waals surface area contributed by atoms with Crippen molar-refractivity contribution in [3.63, 3.8) is 0 Å². The maximum Gasteiger partial charge on any atom is 0.305 e. The van der Waals surface area contributed by atoms with E-state index in [1.165, 1.54) is 0 Å². The minimum Gasteiger partial charge on any atom is -0.497 e. The molecule has 0 saturated heterocycles. The molecule has 0 aliphatic carbocycles. The van der Waals surface area contributed by atoms with E-state index in [9.17, 15) is 14.9 Å². The summed E-state index contributed by atoms with van der Waals surface area (Å²) in [6, 6.07) is 24.8. The number of hydrogen-bond acceptors (Lipinski definition) is 5. The van der Waals surface area contributed by atoms with Gasteiger partial charge in [0, 0.05) is 38.8 Å². The third-order valence-corrected chi connectivity index (χ3v) is 8.26. The van der Waals surface area contributed by atoms with Crippen molar-refractivity contribution >= 4 is 45.9 Å². The molecule has 0 bridgehead atoms. The second kappa shape index (κ2) is 12.0. The van der Waals surface area contributed by atoms with Gasteiger partial charge in [0.25, 0.3) is 5.91 Å². The van der Waals surface area contributed by atoms with E-state index in [4.69, 9.17) is 38.1 Å². The molecule has 220 valence electrons. The predicted octanol–water partition coefficient (Wildman–Crippen LogP) is 7.10. The molecule has 0 spiro atoms. The van der Waals surface area contributed by atoms with Gasteiger partial charge in [-0.25, -0.2) is 0 Å². The maximum absolute atomic E-state index is 12.5. The number of carboxylic acid groups (broad SMARTS) is 1. The first-order chi connectivity index (χ1) is 21.3. The summed E-state index contributed by atoms with van der Waals surface area (Å²) in [6.07, 6.45) is 0.570. The highest BCUT2D eigenvalue weighted by Gasteiger charge is 2.35. The van der Waals surface area contributed by atoms with Gasteiger partial charge in [0.2, 0.25) is 0 Å². The Hall–Kier alpha value is -4.84. The molecule has 6 rings (SSSR count). The van der Waals surface area contributed by atoms with Crippen LogP contribution in [-0.4, -0.2) is 40.4 Å². The van der Waals surface area contributed by atoms with Crippen molar-refractivity contribution in [1.82, 2.24) is 15.1 Å². The Balaban J connectivity index is 1.46. The summed E-state index contributed by atoms with van der Waals surface area (Å²) in [4.78, 5) is 23.3. The van der Waals surface area contributed by atoms with E-state index in [-0.39, 0.29) is 31.3 Å². The van der Waals surface area contributed by atoms with Crippen LogP contribution >= 0.6 is 23.2 Å². The minimum absolute atomic E-state index is 0.0574. The minimum atomic E-state index is -0.970. The number of benzene rings is 4. The molecule has 2 N–H and O–H groups in total. The van der Waals surface area contributed by atoms with Gasteiger partial charge in [0.05, 0.1) is 43.5 Å². The standard InChI is InChI=1S/C34H26Cl2N4O4/c1-44-25-7-9-26-21(17-25)6-8-27-29(14-19-2-4-20(5-3-19)34(43)38-13-11-30(41)42)40-33(31(26)27)28(10-12-37)32(39-40)22-15-23(35)18-24(36)16-22/h2-9,15-18,29H,10-11,13-14H2,1H3,(H,38,43)(H,41,42). The van der Waals surface area contributed by atoms with E-state index in [0.29, 0.717) is 27.7 Å². The summed E-state index contributed by atoms with van der Waals surface area (Å²) in [7, 11) is 1.64. The number of nitrogens with zero attached hydrogens (tertiary/aromatic N) is 3. The van der Waals surface area contributed by atoms with Crippen molar-refractivity contribution in [3.8, 4) is 34.3 Å². The lowest BCUT2D eigenvalue weighted by Gasteiger charge is -2.16. The van der Waals surface area contributed by atoms with Gasteiger partial charge in [-0.2, -0.15) is 10.4 Å². The summed E-state index contributed by atoms with van der Waals surface area (Å²) in [5.74, 6) is -0.549. The lowest BCUT2D eigenvalue weighted by atomic mass is 9.91. The third kappa shape index (κ3) is 5.48. The molecule has 1 atom stereocenters.